The predicted octanol–water partition coefficient (Wildman–Crippen LogP) is 3.23. The van der Waals surface area contributed by atoms with Gasteiger partial charge in [-0.15, -0.1) is 0 Å². The number of rotatable bonds is 3. The number of hydrogen-bond acceptors (Lipinski definition) is 2. The zero-order chi connectivity index (χ0) is 19.9. The lowest BCUT2D eigenvalue weighted by atomic mass is 9.74. The minimum Gasteiger partial charge on any atom is -0.353 e. The number of hydrogen-bond donors (Lipinski definition) is 2. The molecule has 0 radical (unpaired) electrons. The third-order valence-corrected chi connectivity index (χ3v) is 5.38. The first kappa shape index (κ1) is 19.7. The molecule has 0 spiro atoms. The summed E-state index contributed by atoms with van der Waals surface area (Å²) in [5, 5.41) is 4.37. The second kappa shape index (κ2) is 7.18. The van der Waals surface area contributed by atoms with Crippen LogP contribution in [0.3, 0.4) is 0 Å². The Morgan fingerprint density at radius 3 is 2.67 bits per heavy atom. The van der Waals surface area contributed by atoms with E-state index in [2.05, 4.69) is 10.6 Å². The van der Waals surface area contributed by atoms with E-state index in [-0.39, 0.29) is 24.6 Å². The molecule has 1 aliphatic heterocycles. The van der Waals surface area contributed by atoms with Crippen molar-refractivity contribution in [3.63, 3.8) is 0 Å². The molecule has 1 aromatic rings. The quantitative estimate of drug-likeness (QED) is 0.597. The van der Waals surface area contributed by atoms with E-state index in [0.717, 1.165) is 12.1 Å². The van der Waals surface area contributed by atoms with Crippen LogP contribution in [-0.2, 0) is 4.79 Å². The van der Waals surface area contributed by atoms with Gasteiger partial charge in [-0.2, -0.15) is 0 Å². The number of nitrogens with one attached hydrogen (secondary N) is 2. The van der Waals surface area contributed by atoms with Gasteiger partial charge in [-0.05, 0) is 18.9 Å². The van der Waals surface area contributed by atoms with E-state index in [4.69, 9.17) is 11.6 Å². The molecule has 1 saturated heterocycles. The van der Waals surface area contributed by atoms with Crippen molar-refractivity contribution < 1.29 is 27.2 Å². The Hall–Kier alpha value is -2.03. The summed E-state index contributed by atoms with van der Waals surface area (Å²) in [5.74, 6) is -6.07. The fraction of sp³-hybridized carbons (Fsp3) is 0.529. The molecule has 27 heavy (non-hydrogen) atoms. The third kappa shape index (κ3) is 3.83. The number of piperazine rings is 1. The van der Waals surface area contributed by atoms with Crippen molar-refractivity contribution in [3.8, 4) is 0 Å². The fourth-order valence-corrected chi connectivity index (χ4v) is 3.62. The topological polar surface area (TPSA) is 61.4 Å². The highest BCUT2D eigenvalue weighted by molar-refractivity contribution is 6.31. The highest BCUT2D eigenvalue weighted by atomic mass is 35.5. The maximum absolute atomic E-state index is 14.5. The molecule has 0 aromatic heterocycles. The van der Waals surface area contributed by atoms with E-state index in [1.54, 1.807) is 0 Å². The smallest absolute Gasteiger partial charge is 0.318 e. The molecule has 5 nitrogen and oxygen atoms in total. The Bertz CT molecular complexity index is 769. The molecule has 2 N–H and O–H groups in total. The molecule has 10 heteroatoms. The molecule has 0 unspecified atom stereocenters. The zero-order valence-electron chi connectivity index (χ0n) is 14.4. The minimum atomic E-state index is -2.90. The molecule has 3 rings (SSSR count). The summed E-state index contributed by atoms with van der Waals surface area (Å²) in [6.07, 6.45) is -1.08. The van der Waals surface area contributed by atoms with Gasteiger partial charge in [0.1, 0.15) is 22.7 Å². The first-order chi connectivity index (χ1) is 12.6. The highest BCUT2D eigenvalue weighted by Crippen LogP contribution is 2.49. The Kier molecular flexibility index (Phi) is 5.24. The molecule has 1 aliphatic carbocycles. The number of benzene rings is 1. The first-order valence-corrected chi connectivity index (χ1v) is 8.84. The summed E-state index contributed by atoms with van der Waals surface area (Å²) >= 11 is 5.60. The SMILES string of the molecule is C[C@@H]1C(=O)NCCN1C(=O)N[C@@H](c1ccc(F)c(Cl)c1F)C1CC(F)(F)C1. The predicted molar refractivity (Wildman–Crippen MR) is 89.5 cm³/mol. The maximum Gasteiger partial charge on any atom is 0.318 e. The molecule has 2 atom stereocenters. The second-order valence-corrected chi connectivity index (χ2v) is 7.25. The van der Waals surface area contributed by atoms with Gasteiger partial charge >= 0.3 is 6.03 Å². The van der Waals surface area contributed by atoms with Crippen molar-refractivity contribution in [2.45, 2.75) is 37.8 Å². The standard InChI is InChI=1S/C17H18ClF4N3O2/c1-8-15(26)23-4-5-25(8)16(27)24-14(9-6-17(21,22)7-9)10-2-3-11(19)12(18)13(10)20/h2-3,8-9,14H,4-7H2,1H3,(H,23,26)(H,24,27)/t8-,14-/m1/s1. The van der Waals surface area contributed by atoms with Gasteiger partial charge in [0.25, 0.3) is 0 Å². The Labute approximate surface area is 158 Å². The molecule has 0 bridgehead atoms. The van der Waals surface area contributed by atoms with Crippen LogP contribution in [0.5, 0.6) is 0 Å². The van der Waals surface area contributed by atoms with Crippen molar-refractivity contribution in [1.29, 1.82) is 0 Å². The highest BCUT2D eigenvalue weighted by Gasteiger charge is 2.50. The Morgan fingerprint density at radius 2 is 2.04 bits per heavy atom. The summed E-state index contributed by atoms with van der Waals surface area (Å²) in [5.41, 5.74) is -0.163. The van der Waals surface area contributed by atoms with E-state index >= 15 is 0 Å². The average Bonchev–Trinajstić information content (AvgIpc) is 2.58. The van der Waals surface area contributed by atoms with Gasteiger partial charge in [-0.25, -0.2) is 22.4 Å². The van der Waals surface area contributed by atoms with Crippen LogP contribution in [0.2, 0.25) is 5.02 Å². The number of halogens is 5. The van der Waals surface area contributed by atoms with E-state index in [0.29, 0.717) is 0 Å². The number of urea groups is 1. The Balaban J connectivity index is 1.86. The van der Waals surface area contributed by atoms with Crippen LogP contribution >= 0.6 is 11.6 Å². The largest absolute Gasteiger partial charge is 0.353 e. The van der Waals surface area contributed by atoms with Crippen molar-refractivity contribution in [2.24, 2.45) is 5.92 Å². The van der Waals surface area contributed by atoms with Crippen molar-refractivity contribution in [2.75, 3.05) is 13.1 Å². The van der Waals surface area contributed by atoms with Gasteiger partial charge < -0.3 is 15.5 Å². The van der Waals surface area contributed by atoms with Crippen molar-refractivity contribution >= 4 is 23.5 Å². The lowest BCUT2D eigenvalue weighted by Crippen LogP contribution is -2.59. The van der Waals surface area contributed by atoms with E-state index in [1.807, 2.05) is 0 Å². The van der Waals surface area contributed by atoms with Crippen LogP contribution in [0, 0.1) is 17.6 Å². The number of carbonyl (C=O) groups is 2. The van der Waals surface area contributed by atoms with Crippen molar-refractivity contribution in [3.05, 3.63) is 34.4 Å². The van der Waals surface area contributed by atoms with Gasteiger partial charge in [-0.1, -0.05) is 17.7 Å². The summed E-state index contributed by atoms with van der Waals surface area (Å²) in [6.45, 7) is 1.99. The Morgan fingerprint density at radius 1 is 1.37 bits per heavy atom. The lowest BCUT2D eigenvalue weighted by molar-refractivity contribution is -0.127. The van der Waals surface area contributed by atoms with Crippen molar-refractivity contribution in [1.82, 2.24) is 15.5 Å². The number of nitrogens with zero attached hydrogens (tertiary/aromatic N) is 1. The van der Waals surface area contributed by atoms with Gasteiger partial charge in [0, 0.05) is 31.5 Å². The van der Waals surface area contributed by atoms with Gasteiger partial charge in [0.05, 0.1) is 6.04 Å². The summed E-state index contributed by atoms with van der Waals surface area (Å²) in [4.78, 5) is 25.6. The molecule has 1 saturated carbocycles. The van der Waals surface area contributed by atoms with Crippen LogP contribution in [0.15, 0.2) is 12.1 Å². The number of amides is 3. The molecule has 1 aromatic carbocycles. The van der Waals surface area contributed by atoms with E-state index in [9.17, 15) is 27.2 Å². The van der Waals surface area contributed by atoms with Gasteiger partial charge in [0.15, 0.2) is 0 Å². The van der Waals surface area contributed by atoms with E-state index in [1.165, 1.54) is 11.8 Å². The molecule has 2 aliphatic rings. The van der Waals surface area contributed by atoms with Crippen LogP contribution in [0.4, 0.5) is 22.4 Å². The molecular formula is C17H18ClF4N3O2. The zero-order valence-corrected chi connectivity index (χ0v) is 15.1. The van der Waals surface area contributed by atoms with Crippen LogP contribution in [0.25, 0.3) is 0 Å². The molecule has 1 heterocycles. The van der Waals surface area contributed by atoms with Crippen LogP contribution in [0.1, 0.15) is 31.4 Å². The molecular weight excluding hydrogens is 390 g/mol. The normalized spacial score (nSPS) is 23.4. The summed E-state index contributed by atoms with van der Waals surface area (Å²) < 4.78 is 54.6. The van der Waals surface area contributed by atoms with Gasteiger partial charge in [-0.3, -0.25) is 4.79 Å². The molecule has 2 fully saturated rings. The first-order valence-electron chi connectivity index (χ1n) is 8.47. The lowest BCUT2D eigenvalue weighted by Gasteiger charge is -2.42. The maximum atomic E-state index is 14.5. The fourth-order valence-electron chi connectivity index (χ4n) is 3.45. The van der Waals surface area contributed by atoms with Gasteiger partial charge in [0.2, 0.25) is 11.8 Å². The number of alkyl halides is 2. The second-order valence-electron chi connectivity index (χ2n) is 6.88. The summed E-state index contributed by atoms with van der Waals surface area (Å²) in [6, 6.07) is -0.550. The average molecular weight is 408 g/mol. The van der Waals surface area contributed by atoms with Crippen LogP contribution in [-0.4, -0.2) is 41.9 Å². The minimum absolute atomic E-state index is 0.163. The van der Waals surface area contributed by atoms with Crippen LogP contribution < -0.4 is 10.6 Å². The molecule has 3 amide bonds. The molecule has 148 valence electrons. The monoisotopic (exact) mass is 407 g/mol. The third-order valence-electron chi connectivity index (χ3n) is 5.03. The summed E-state index contributed by atoms with van der Waals surface area (Å²) in [7, 11) is 0. The number of carbonyl (C=O) groups excluding carboxylic acids is 2. The van der Waals surface area contributed by atoms with E-state index < -0.39 is 59.5 Å².